The first-order chi connectivity index (χ1) is 12.8. The van der Waals surface area contributed by atoms with E-state index in [0.29, 0.717) is 6.54 Å². The molecule has 0 aliphatic carbocycles. The summed E-state index contributed by atoms with van der Waals surface area (Å²) in [5, 5.41) is 2.98. The molecule has 0 fully saturated rings. The summed E-state index contributed by atoms with van der Waals surface area (Å²) in [6, 6.07) is 26.4. The van der Waals surface area contributed by atoms with Gasteiger partial charge in [-0.25, -0.2) is 0 Å². The Hall–Kier alpha value is -3.33. The van der Waals surface area contributed by atoms with Crippen molar-refractivity contribution in [1.82, 2.24) is 4.90 Å². The monoisotopic (exact) mass is 340 g/mol. The predicted molar refractivity (Wildman–Crippen MR) is 106 cm³/mol. The highest BCUT2D eigenvalue weighted by molar-refractivity contribution is 5.92. The molecule has 3 aromatic rings. The minimum absolute atomic E-state index is 0.0125. The molecule has 0 aromatic heterocycles. The molecule has 3 heteroatoms. The Bertz CT molecular complexity index is 930. The van der Waals surface area contributed by atoms with Gasteiger partial charge in [0.25, 0.3) is 0 Å². The third-order valence-electron chi connectivity index (χ3n) is 4.52. The Labute approximate surface area is 153 Å². The number of carbonyl (C=O) groups excluding carboxylic acids is 1. The largest absolute Gasteiger partial charge is 0.364 e. The minimum atomic E-state index is -0.0125. The zero-order chi connectivity index (χ0) is 17.8. The van der Waals surface area contributed by atoms with Gasteiger partial charge in [-0.15, -0.1) is 0 Å². The van der Waals surface area contributed by atoms with Gasteiger partial charge in [-0.1, -0.05) is 66.7 Å². The lowest BCUT2D eigenvalue weighted by Crippen LogP contribution is -2.30. The Morgan fingerprint density at radius 3 is 2.35 bits per heavy atom. The lowest BCUT2D eigenvalue weighted by molar-refractivity contribution is -0.116. The van der Waals surface area contributed by atoms with Gasteiger partial charge in [-0.3, -0.25) is 4.79 Å². The molecule has 1 aliphatic heterocycles. The van der Waals surface area contributed by atoms with Crippen LogP contribution in [0.3, 0.4) is 0 Å². The van der Waals surface area contributed by atoms with Gasteiger partial charge in [0.1, 0.15) is 0 Å². The van der Waals surface area contributed by atoms with Crippen LogP contribution in [-0.4, -0.2) is 17.4 Å². The Morgan fingerprint density at radius 2 is 1.54 bits per heavy atom. The second kappa shape index (κ2) is 7.28. The smallest absolute Gasteiger partial charge is 0.243 e. The summed E-state index contributed by atoms with van der Waals surface area (Å²) in [7, 11) is 0. The van der Waals surface area contributed by atoms with E-state index < -0.39 is 0 Å². The molecule has 0 atom stereocenters. The van der Waals surface area contributed by atoms with Crippen molar-refractivity contribution in [3.8, 4) is 11.1 Å². The molecule has 3 aromatic carbocycles. The molecular formula is C23H20N2O. The van der Waals surface area contributed by atoms with Crippen LogP contribution in [0.2, 0.25) is 0 Å². The fraction of sp³-hybridized carbons (Fsp3) is 0.0870. The fourth-order valence-electron chi connectivity index (χ4n) is 3.17. The molecule has 26 heavy (non-hydrogen) atoms. The molecule has 3 nitrogen and oxygen atoms in total. The lowest BCUT2D eigenvalue weighted by atomic mass is 10.0. The first-order valence-corrected chi connectivity index (χ1v) is 8.73. The van der Waals surface area contributed by atoms with Crippen LogP contribution < -0.4 is 5.32 Å². The molecule has 128 valence electrons. The number of rotatable bonds is 4. The first kappa shape index (κ1) is 16.2. The number of anilines is 1. The van der Waals surface area contributed by atoms with E-state index >= 15 is 0 Å². The van der Waals surface area contributed by atoms with Gasteiger partial charge in [0, 0.05) is 18.4 Å². The van der Waals surface area contributed by atoms with Gasteiger partial charge in [-0.05, 0) is 40.5 Å². The number of benzene rings is 3. The number of amides is 1. The van der Waals surface area contributed by atoms with E-state index in [1.165, 1.54) is 16.7 Å². The Morgan fingerprint density at radius 1 is 0.846 bits per heavy atom. The highest BCUT2D eigenvalue weighted by Crippen LogP contribution is 2.22. The highest BCUT2D eigenvalue weighted by Gasteiger charge is 2.13. The van der Waals surface area contributed by atoms with Crippen LogP contribution >= 0.6 is 0 Å². The van der Waals surface area contributed by atoms with Gasteiger partial charge in [0.15, 0.2) is 0 Å². The average molecular weight is 340 g/mol. The summed E-state index contributed by atoms with van der Waals surface area (Å²) in [4.78, 5) is 14.4. The number of nitrogens with one attached hydrogen (secondary N) is 1. The number of hydrogen-bond donors (Lipinski definition) is 1. The molecule has 0 bridgehead atoms. The number of carbonyl (C=O) groups is 1. The summed E-state index contributed by atoms with van der Waals surface area (Å²) in [5.41, 5.74) is 5.59. The normalized spacial score (nSPS) is 12.5. The SMILES string of the molecule is O=C(CN1C=Cc2ccccc2C1)Nc1ccc(-c2ccccc2)cc1. The summed E-state index contributed by atoms with van der Waals surface area (Å²) >= 11 is 0. The van der Waals surface area contributed by atoms with E-state index in [1.54, 1.807) is 0 Å². The van der Waals surface area contributed by atoms with E-state index in [0.717, 1.165) is 17.8 Å². The first-order valence-electron chi connectivity index (χ1n) is 8.73. The summed E-state index contributed by atoms with van der Waals surface area (Å²) in [5.74, 6) is -0.0125. The molecule has 0 saturated heterocycles. The number of nitrogens with zero attached hydrogens (tertiary/aromatic N) is 1. The molecule has 0 saturated carbocycles. The highest BCUT2D eigenvalue weighted by atomic mass is 16.2. The van der Waals surface area contributed by atoms with Crippen LogP contribution in [0.4, 0.5) is 5.69 Å². The van der Waals surface area contributed by atoms with Crippen molar-refractivity contribution in [2.75, 3.05) is 11.9 Å². The number of hydrogen-bond acceptors (Lipinski definition) is 2. The molecule has 4 rings (SSSR count). The van der Waals surface area contributed by atoms with Crippen molar-refractivity contribution in [2.45, 2.75) is 6.54 Å². The van der Waals surface area contributed by atoms with E-state index in [-0.39, 0.29) is 5.91 Å². The molecule has 1 aliphatic rings. The Kier molecular flexibility index (Phi) is 4.52. The number of fused-ring (bicyclic) bond motifs is 1. The van der Waals surface area contributed by atoms with Crippen molar-refractivity contribution >= 4 is 17.7 Å². The third-order valence-corrected chi connectivity index (χ3v) is 4.52. The van der Waals surface area contributed by atoms with Crippen LogP contribution in [0, 0.1) is 0 Å². The predicted octanol–water partition coefficient (Wildman–Crippen LogP) is 4.78. The second-order valence-electron chi connectivity index (χ2n) is 6.41. The van der Waals surface area contributed by atoms with Gasteiger partial charge in [-0.2, -0.15) is 0 Å². The van der Waals surface area contributed by atoms with Gasteiger partial charge in [0.05, 0.1) is 6.54 Å². The van der Waals surface area contributed by atoms with Crippen LogP contribution in [0.25, 0.3) is 17.2 Å². The summed E-state index contributed by atoms with van der Waals surface area (Å²) in [6.45, 7) is 1.10. The molecule has 0 radical (unpaired) electrons. The topological polar surface area (TPSA) is 32.3 Å². The maximum atomic E-state index is 12.4. The van der Waals surface area contributed by atoms with Crippen molar-refractivity contribution in [3.63, 3.8) is 0 Å². The third kappa shape index (κ3) is 3.67. The lowest BCUT2D eigenvalue weighted by Gasteiger charge is -2.24. The summed E-state index contributed by atoms with van der Waals surface area (Å²) < 4.78 is 0. The zero-order valence-electron chi connectivity index (χ0n) is 14.4. The minimum Gasteiger partial charge on any atom is -0.364 e. The van der Waals surface area contributed by atoms with E-state index in [1.807, 2.05) is 65.7 Å². The van der Waals surface area contributed by atoms with Crippen LogP contribution in [0.15, 0.2) is 85.1 Å². The van der Waals surface area contributed by atoms with E-state index in [9.17, 15) is 4.79 Å². The van der Waals surface area contributed by atoms with Crippen molar-refractivity contribution in [2.24, 2.45) is 0 Å². The average Bonchev–Trinajstić information content (AvgIpc) is 2.69. The molecule has 0 unspecified atom stereocenters. The van der Waals surface area contributed by atoms with Gasteiger partial charge in [0.2, 0.25) is 5.91 Å². The fourth-order valence-corrected chi connectivity index (χ4v) is 3.17. The zero-order valence-corrected chi connectivity index (χ0v) is 14.4. The van der Waals surface area contributed by atoms with Crippen molar-refractivity contribution < 1.29 is 4.79 Å². The van der Waals surface area contributed by atoms with E-state index in [2.05, 4.69) is 35.7 Å². The molecule has 1 amide bonds. The molecule has 0 spiro atoms. The maximum Gasteiger partial charge on any atom is 0.243 e. The molecule has 1 N–H and O–H groups in total. The molecular weight excluding hydrogens is 320 g/mol. The van der Waals surface area contributed by atoms with Gasteiger partial charge >= 0.3 is 0 Å². The maximum absolute atomic E-state index is 12.4. The molecule has 1 heterocycles. The van der Waals surface area contributed by atoms with Crippen molar-refractivity contribution in [1.29, 1.82) is 0 Å². The van der Waals surface area contributed by atoms with Crippen LogP contribution in [0.5, 0.6) is 0 Å². The standard InChI is InChI=1S/C23H20N2O/c26-23(17-25-15-14-19-8-4-5-9-21(19)16-25)24-22-12-10-20(11-13-22)18-6-2-1-3-7-18/h1-15H,16-17H2,(H,24,26). The van der Waals surface area contributed by atoms with Gasteiger partial charge < -0.3 is 10.2 Å². The summed E-state index contributed by atoms with van der Waals surface area (Å²) in [6.07, 6.45) is 4.04. The van der Waals surface area contributed by atoms with Crippen LogP contribution in [-0.2, 0) is 11.3 Å². The van der Waals surface area contributed by atoms with Crippen molar-refractivity contribution in [3.05, 3.63) is 96.2 Å². The van der Waals surface area contributed by atoms with E-state index in [4.69, 9.17) is 0 Å². The Balaban J connectivity index is 1.37. The quantitative estimate of drug-likeness (QED) is 0.741. The van der Waals surface area contributed by atoms with Crippen LogP contribution in [0.1, 0.15) is 11.1 Å². The second-order valence-corrected chi connectivity index (χ2v) is 6.41.